The summed E-state index contributed by atoms with van der Waals surface area (Å²) in [5, 5.41) is 7.41. The van der Waals surface area contributed by atoms with Crippen LogP contribution in [0.25, 0.3) is 0 Å². The fourth-order valence-electron chi connectivity index (χ4n) is 1.59. The van der Waals surface area contributed by atoms with E-state index in [1.165, 1.54) is 10.9 Å². The van der Waals surface area contributed by atoms with Crippen molar-refractivity contribution < 1.29 is 18.0 Å². The number of hydrogen-bond acceptors (Lipinski definition) is 4. The zero-order chi connectivity index (χ0) is 14.8. The highest BCUT2D eigenvalue weighted by Crippen LogP contribution is 2.29. The van der Waals surface area contributed by atoms with Crippen LogP contribution in [0.4, 0.5) is 13.2 Å². The average Bonchev–Trinajstić information content (AvgIpc) is 2.85. The number of Topliss-reactive ketones (excluding diaryl/α,β-unsaturated/α-hetero) is 1. The van der Waals surface area contributed by atoms with Crippen molar-refractivity contribution in [3.05, 3.63) is 47.3 Å². The minimum Gasteiger partial charge on any atom is -0.325 e. The van der Waals surface area contributed by atoms with Crippen LogP contribution >= 0.6 is 0 Å². The van der Waals surface area contributed by atoms with Crippen molar-refractivity contribution in [2.24, 2.45) is 5.73 Å². The second-order valence-corrected chi connectivity index (χ2v) is 4.11. The molecule has 1 aromatic carbocycles. The van der Waals surface area contributed by atoms with Crippen molar-refractivity contribution in [3.8, 4) is 0 Å². The molecule has 20 heavy (non-hydrogen) atoms. The minimum absolute atomic E-state index is 0.0988. The minimum atomic E-state index is -4.41. The fourth-order valence-corrected chi connectivity index (χ4v) is 1.59. The van der Waals surface area contributed by atoms with Gasteiger partial charge in [0.2, 0.25) is 0 Å². The van der Waals surface area contributed by atoms with Gasteiger partial charge in [-0.3, -0.25) is 4.79 Å². The van der Waals surface area contributed by atoms with Gasteiger partial charge in [0, 0.05) is 12.1 Å². The normalized spacial score (nSPS) is 11.6. The predicted octanol–water partition coefficient (Wildman–Crippen LogP) is 1.64. The van der Waals surface area contributed by atoms with Crippen LogP contribution in [-0.2, 0) is 19.3 Å². The molecule has 0 radical (unpaired) electrons. The van der Waals surface area contributed by atoms with E-state index in [1.807, 2.05) is 0 Å². The van der Waals surface area contributed by atoms with Crippen molar-refractivity contribution in [2.45, 2.75) is 19.3 Å². The standard InChI is InChI=1S/C12H11F3N4O/c13-12(14,15)9-3-1-8(2-4-9)11(20)7-19-6-10(5-16)17-18-19/h1-4,6H,5,7,16H2. The molecule has 0 unspecified atom stereocenters. The van der Waals surface area contributed by atoms with E-state index in [9.17, 15) is 18.0 Å². The molecule has 0 atom stereocenters. The highest BCUT2D eigenvalue weighted by molar-refractivity contribution is 5.95. The predicted molar refractivity (Wildman–Crippen MR) is 63.7 cm³/mol. The number of aromatic nitrogens is 3. The lowest BCUT2D eigenvalue weighted by Crippen LogP contribution is -2.12. The number of carbonyl (C=O) groups excluding carboxylic acids is 1. The van der Waals surface area contributed by atoms with Crippen molar-refractivity contribution in [1.29, 1.82) is 0 Å². The summed E-state index contributed by atoms with van der Waals surface area (Å²) in [5.41, 5.74) is 5.28. The van der Waals surface area contributed by atoms with E-state index in [4.69, 9.17) is 5.73 Å². The van der Waals surface area contributed by atoms with E-state index >= 15 is 0 Å². The number of carbonyl (C=O) groups is 1. The average molecular weight is 284 g/mol. The Balaban J connectivity index is 2.09. The topological polar surface area (TPSA) is 73.8 Å². The third-order valence-corrected chi connectivity index (χ3v) is 2.64. The molecule has 0 fully saturated rings. The highest BCUT2D eigenvalue weighted by Gasteiger charge is 2.30. The van der Waals surface area contributed by atoms with E-state index in [2.05, 4.69) is 10.3 Å². The number of rotatable bonds is 4. The second-order valence-electron chi connectivity index (χ2n) is 4.11. The van der Waals surface area contributed by atoms with Gasteiger partial charge in [-0.1, -0.05) is 17.3 Å². The van der Waals surface area contributed by atoms with Crippen molar-refractivity contribution >= 4 is 5.78 Å². The van der Waals surface area contributed by atoms with E-state index in [0.717, 1.165) is 24.3 Å². The molecule has 1 aromatic heterocycles. The summed E-state index contributed by atoms with van der Waals surface area (Å²) in [7, 11) is 0. The zero-order valence-corrected chi connectivity index (χ0v) is 10.3. The van der Waals surface area contributed by atoms with E-state index < -0.39 is 11.7 Å². The second kappa shape index (κ2) is 5.41. The van der Waals surface area contributed by atoms with E-state index in [0.29, 0.717) is 5.69 Å². The quantitative estimate of drug-likeness (QED) is 0.866. The summed E-state index contributed by atoms with van der Waals surface area (Å²) in [6, 6.07) is 4.04. The number of ketones is 1. The summed E-state index contributed by atoms with van der Waals surface area (Å²) in [5.74, 6) is -0.354. The van der Waals surface area contributed by atoms with Crippen LogP contribution in [-0.4, -0.2) is 20.8 Å². The number of halogens is 3. The van der Waals surface area contributed by atoms with Crippen LogP contribution in [0.3, 0.4) is 0 Å². The smallest absolute Gasteiger partial charge is 0.325 e. The van der Waals surface area contributed by atoms with Crippen LogP contribution in [0.15, 0.2) is 30.5 Å². The zero-order valence-electron chi connectivity index (χ0n) is 10.3. The van der Waals surface area contributed by atoms with Crippen LogP contribution < -0.4 is 5.73 Å². The molecule has 8 heteroatoms. The van der Waals surface area contributed by atoms with Crippen LogP contribution in [0.1, 0.15) is 21.6 Å². The molecule has 0 aliphatic rings. The van der Waals surface area contributed by atoms with Crippen LogP contribution in [0.5, 0.6) is 0 Å². The summed E-state index contributed by atoms with van der Waals surface area (Å²) in [6.45, 7) is 0.104. The van der Waals surface area contributed by atoms with Gasteiger partial charge in [-0.2, -0.15) is 13.2 Å². The number of nitrogens with zero attached hydrogens (tertiary/aromatic N) is 3. The Kier molecular flexibility index (Phi) is 3.84. The summed E-state index contributed by atoms with van der Waals surface area (Å²) < 4.78 is 38.5. The Bertz CT molecular complexity index is 604. The molecular weight excluding hydrogens is 273 g/mol. The van der Waals surface area contributed by atoms with Gasteiger partial charge in [0.25, 0.3) is 0 Å². The molecule has 2 N–H and O–H groups in total. The summed E-state index contributed by atoms with van der Waals surface area (Å²) >= 11 is 0. The maximum Gasteiger partial charge on any atom is 0.416 e. The molecule has 1 heterocycles. The molecule has 0 amide bonds. The van der Waals surface area contributed by atoms with Gasteiger partial charge in [0.1, 0.15) is 6.54 Å². The maximum atomic E-state index is 12.4. The lowest BCUT2D eigenvalue weighted by Gasteiger charge is -2.07. The fraction of sp³-hybridized carbons (Fsp3) is 0.250. The van der Waals surface area contributed by atoms with Gasteiger partial charge in [-0.05, 0) is 12.1 Å². The van der Waals surface area contributed by atoms with E-state index in [-0.39, 0.29) is 24.4 Å². The molecular formula is C12H11F3N4O. The lowest BCUT2D eigenvalue weighted by molar-refractivity contribution is -0.137. The SMILES string of the molecule is NCc1cn(CC(=O)c2ccc(C(F)(F)F)cc2)nn1. The Labute approximate surface area is 112 Å². The van der Waals surface area contributed by atoms with Crippen molar-refractivity contribution in [2.75, 3.05) is 0 Å². The Morgan fingerprint density at radius 1 is 1.25 bits per heavy atom. The van der Waals surface area contributed by atoms with Gasteiger partial charge in [-0.15, -0.1) is 5.10 Å². The first-order valence-corrected chi connectivity index (χ1v) is 5.69. The first kappa shape index (κ1) is 14.2. The molecule has 0 bridgehead atoms. The Morgan fingerprint density at radius 3 is 2.40 bits per heavy atom. The largest absolute Gasteiger partial charge is 0.416 e. The third-order valence-electron chi connectivity index (χ3n) is 2.64. The van der Waals surface area contributed by atoms with Crippen molar-refractivity contribution in [3.63, 3.8) is 0 Å². The van der Waals surface area contributed by atoms with E-state index in [1.54, 1.807) is 0 Å². The van der Waals surface area contributed by atoms with Gasteiger partial charge < -0.3 is 5.73 Å². The molecule has 106 valence electrons. The third kappa shape index (κ3) is 3.21. The van der Waals surface area contributed by atoms with Crippen LogP contribution in [0, 0.1) is 0 Å². The monoisotopic (exact) mass is 284 g/mol. The first-order valence-electron chi connectivity index (χ1n) is 5.69. The highest BCUT2D eigenvalue weighted by atomic mass is 19.4. The Morgan fingerprint density at radius 2 is 1.90 bits per heavy atom. The van der Waals surface area contributed by atoms with Gasteiger partial charge in [0.15, 0.2) is 5.78 Å². The molecule has 0 aliphatic heterocycles. The molecule has 2 aromatic rings. The molecule has 2 rings (SSSR count). The number of benzene rings is 1. The Hall–Kier alpha value is -2.22. The number of hydrogen-bond donors (Lipinski definition) is 1. The molecule has 0 aliphatic carbocycles. The van der Waals surface area contributed by atoms with Crippen molar-refractivity contribution in [1.82, 2.24) is 15.0 Å². The van der Waals surface area contributed by atoms with Gasteiger partial charge in [0.05, 0.1) is 17.5 Å². The summed E-state index contributed by atoms with van der Waals surface area (Å²) in [6.07, 6.45) is -2.90. The number of nitrogens with two attached hydrogens (primary N) is 1. The molecule has 0 spiro atoms. The van der Waals surface area contributed by atoms with Gasteiger partial charge >= 0.3 is 6.18 Å². The molecule has 0 saturated carbocycles. The molecule has 0 saturated heterocycles. The first-order chi connectivity index (χ1) is 9.40. The van der Waals surface area contributed by atoms with Crippen LogP contribution in [0.2, 0.25) is 0 Å². The maximum absolute atomic E-state index is 12.4. The summed E-state index contributed by atoms with van der Waals surface area (Å²) in [4.78, 5) is 11.9. The molecule has 5 nitrogen and oxygen atoms in total. The van der Waals surface area contributed by atoms with Gasteiger partial charge in [-0.25, -0.2) is 4.68 Å². The number of alkyl halides is 3. The lowest BCUT2D eigenvalue weighted by atomic mass is 10.1.